The van der Waals surface area contributed by atoms with E-state index >= 15 is 0 Å². The van der Waals surface area contributed by atoms with E-state index in [0.717, 1.165) is 11.3 Å². The molecule has 170 valence electrons. The molecule has 4 rings (SSSR count). The summed E-state index contributed by atoms with van der Waals surface area (Å²) in [5.41, 5.74) is 2.28. The predicted molar refractivity (Wildman–Crippen MR) is 128 cm³/mol. The second-order valence-corrected chi connectivity index (χ2v) is 8.58. The van der Waals surface area contributed by atoms with Gasteiger partial charge in [0.1, 0.15) is 5.76 Å². The van der Waals surface area contributed by atoms with E-state index < -0.39 is 17.7 Å². The van der Waals surface area contributed by atoms with Crippen LogP contribution in [0.2, 0.25) is 5.02 Å². The molecule has 0 bridgehead atoms. The number of ketones is 1. The van der Waals surface area contributed by atoms with Crippen molar-refractivity contribution in [3.63, 3.8) is 0 Å². The van der Waals surface area contributed by atoms with Crippen molar-refractivity contribution in [3.8, 4) is 0 Å². The minimum atomic E-state index is -0.688. The van der Waals surface area contributed by atoms with Crippen LogP contribution in [0.3, 0.4) is 0 Å². The number of aliphatic hydroxyl groups excluding tert-OH is 1. The van der Waals surface area contributed by atoms with Crippen molar-refractivity contribution in [2.45, 2.75) is 19.0 Å². The Balaban J connectivity index is 1.73. The molecule has 3 aromatic rings. The van der Waals surface area contributed by atoms with E-state index in [1.165, 1.54) is 0 Å². The molecular formula is C25H25ClN4O3. The van der Waals surface area contributed by atoms with E-state index in [2.05, 4.69) is 4.98 Å². The number of nitrogens with zero attached hydrogens (tertiary/aromatic N) is 4. The van der Waals surface area contributed by atoms with Crippen LogP contribution in [0.5, 0.6) is 0 Å². The normalized spacial score (nSPS) is 17.5. The molecule has 1 fully saturated rings. The third kappa shape index (κ3) is 4.64. The minimum absolute atomic E-state index is 0.0857. The van der Waals surface area contributed by atoms with E-state index in [4.69, 9.17) is 11.6 Å². The fraction of sp³-hybridized carbons (Fsp3) is 0.240. The van der Waals surface area contributed by atoms with Gasteiger partial charge in [0.25, 0.3) is 11.7 Å². The molecule has 2 heterocycles. The summed E-state index contributed by atoms with van der Waals surface area (Å²) in [4.78, 5) is 33.7. The summed E-state index contributed by atoms with van der Waals surface area (Å²) in [6.45, 7) is 1.02. The number of benzene rings is 2. The average Bonchev–Trinajstić information content (AvgIpc) is 3.41. The highest BCUT2D eigenvalue weighted by molar-refractivity contribution is 6.46. The van der Waals surface area contributed by atoms with Gasteiger partial charge in [-0.05, 0) is 48.4 Å². The van der Waals surface area contributed by atoms with E-state index in [1.54, 1.807) is 41.7 Å². The number of hydrogen-bond acceptors (Lipinski definition) is 5. The monoisotopic (exact) mass is 464 g/mol. The van der Waals surface area contributed by atoms with Crippen molar-refractivity contribution >= 4 is 34.7 Å². The van der Waals surface area contributed by atoms with Crippen LogP contribution in [0.15, 0.2) is 72.8 Å². The van der Waals surface area contributed by atoms with E-state index in [9.17, 15) is 14.7 Å². The Labute approximate surface area is 197 Å². The summed E-state index contributed by atoms with van der Waals surface area (Å²) >= 11 is 5.98. The Morgan fingerprint density at radius 3 is 2.36 bits per heavy atom. The van der Waals surface area contributed by atoms with Gasteiger partial charge >= 0.3 is 0 Å². The molecule has 1 atom stereocenters. The number of amides is 1. The van der Waals surface area contributed by atoms with Gasteiger partial charge in [0.15, 0.2) is 0 Å². The topological polar surface area (TPSA) is 78.7 Å². The number of aliphatic hydroxyl groups is 1. The number of halogens is 1. The fourth-order valence-electron chi connectivity index (χ4n) is 4.02. The molecule has 1 aliphatic heterocycles. The molecule has 2 aromatic carbocycles. The summed E-state index contributed by atoms with van der Waals surface area (Å²) in [6, 6.07) is 13.5. The molecule has 1 aromatic heterocycles. The van der Waals surface area contributed by atoms with Crippen molar-refractivity contribution in [1.29, 1.82) is 0 Å². The Morgan fingerprint density at radius 2 is 1.76 bits per heavy atom. The lowest BCUT2D eigenvalue weighted by Gasteiger charge is -2.26. The number of imidazole rings is 1. The number of carbonyl (C=O) groups is 2. The number of aromatic nitrogens is 2. The SMILES string of the molecule is CN(C)c1ccc([C@H]2C(=C(O)c3ccc(Cl)cc3)C(=O)C(=O)N2CCCn2ccnc2)cc1. The maximum Gasteiger partial charge on any atom is 0.295 e. The summed E-state index contributed by atoms with van der Waals surface area (Å²) in [6.07, 6.45) is 5.90. The summed E-state index contributed by atoms with van der Waals surface area (Å²) in [5, 5.41) is 11.6. The molecule has 8 heteroatoms. The van der Waals surface area contributed by atoms with Gasteiger partial charge < -0.3 is 19.5 Å². The Morgan fingerprint density at radius 1 is 1.06 bits per heavy atom. The van der Waals surface area contributed by atoms with E-state index in [1.807, 2.05) is 54.0 Å². The molecule has 7 nitrogen and oxygen atoms in total. The van der Waals surface area contributed by atoms with Gasteiger partial charge in [-0.2, -0.15) is 0 Å². The standard InChI is InChI=1S/C25H25ClN4O3/c1-28(2)20-10-6-17(7-11-20)22-21(23(31)18-4-8-19(26)9-5-18)24(32)25(33)30(22)14-3-13-29-15-12-27-16-29/h4-12,15-16,22,31H,3,13-14H2,1-2H3/t22-/m0/s1. The third-order valence-electron chi connectivity index (χ3n) is 5.76. The second kappa shape index (κ2) is 9.50. The van der Waals surface area contributed by atoms with Crippen LogP contribution in [-0.4, -0.2) is 51.9 Å². The quantitative estimate of drug-likeness (QED) is 0.323. The number of anilines is 1. The van der Waals surface area contributed by atoms with Crippen molar-refractivity contribution in [2.75, 3.05) is 25.5 Å². The van der Waals surface area contributed by atoms with Crippen molar-refractivity contribution in [2.24, 2.45) is 0 Å². The molecule has 1 N–H and O–H groups in total. The highest BCUT2D eigenvalue weighted by Gasteiger charge is 2.45. The van der Waals surface area contributed by atoms with Crippen LogP contribution >= 0.6 is 11.6 Å². The van der Waals surface area contributed by atoms with Gasteiger partial charge in [0, 0.05) is 55.9 Å². The predicted octanol–water partition coefficient (Wildman–Crippen LogP) is 4.11. The zero-order chi connectivity index (χ0) is 23.5. The third-order valence-corrected chi connectivity index (χ3v) is 6.01. The van der Waals surface area contributed by atoms with E-state index in [0.29, 0.717) is 30.1 Å². The van der Waals surface area contributed by atoms with Crippen LogP contribution in [-0.2, 0) is 16.1 Å². The van der Waals surface area contributed by atoms with Crippen LogP contribution < -0.4 is 4.90 Å². The van der Waals surface area contributed by atoms with Gasteiger partial charge in [0.05, 0.1) is 17.9 Å². The minimum Gasteiger partial charge on any atom is -0.507 e. The number of hydrogen-bond donors (Lipinski definition) is 1. The highest BCUT2D eigenvalue weighted by Crippen LogP contribution is 2.40. The molecule has 33 heavy (non-hydrogen) atoms. The first-order chi connectivity index (χ1) is 15.9. The molecular weight excluding hydrogens is 440 g/mol. The Kier molecular flexibility index (Phi) is 6.51. The number of carbonyl (C=O) groups excluding carboxylic acids is 2. The zero-order valence-electron chi connectivity index (χ0n) is 18.5. The fourth-order valence-corrected chi connectivity index (χ4v) is 4.14. The number of rotatable bonds is 7. The summed E-state index contributed by atoms with van der Waals surface area (Å²) in [5.74, 6) is -1.51. The number of likely N-dealkylation sites (tertiary alicyclic amines) is 1. The molecule has 1 amide bonds. The molecule has 1 saturated heterocycles. The van der Waals surface area contributed by atoms with Gasteiger partial charge in [-0.3, -0.25) is 9.59 Å². The Bertz CT molecular complexity index is 1170. The molecule has 0 radical (unpaired) electrons. The lowest BCUT2D eigenvalue weighted by molar-refractivity contribution is -0.139. The number of aryl methyl sites for hydroxylation is 1. The van der Waals surface area contributed by atoms with E-state index in [-0.39, 0.29) is 11.3 Å². The van der Waals surface area contributed by atoms with Gasteiger partial charge in [-0.25, -0.2) is 4.98 Å². The van der Waals surface area contributed by atoms with Crippen LogP contribution in [0.1, 0.15) is 23.6 Å². The largest absolute Gasteiger partial charge is 0.507 e. The van der Waals surface area contributed by atoms with Gasteiger partial charge in [-0.1, -0.05) is 23.7 Å². The lowest BCUT2D eigenvalue weighted by Crippen LogP contribution is -2.31. The second-order valence-electron chi connectivity index (χ2n) is 8.14. The van der Waals surface area contributed by atoms with Crippen molar-refractivity contribution in [1.82, 2.24) is 14.5 Å². The lowest BCUT2D eigenvalue weighted by atomic mass is 9.95. The van der Waals surface area contributed by atoms with Crippen LogP contribution in [0, 0.1) is 0 Å². The molecule has 0 spiro atoms. The maximum absolute atomic E-state index is 13.1. The molecule has 0 aliphatic carbocycles. The van der Waals surface area contributed by atoms with Crippen LogP contribution in [0.25, 0.3) is 5.76 Å². The van der Waals surface area contributed by atoms with Gasteiger partial charge in [0.2, 0.25) is 0 Å². The zero-order valence-corrected chi connectivity index (χ0v) is 19.2. The summed E-state index contributed by atoms with van der Waals surface area (Å²) in [7, 11) is 3.88. The van der Waals surface area contributed by atoms with Crippen molar-refractivity contribution < 1.29 is 14.7 Å². The summed E-state index contributed by atoms with van der Waals surface area (Å²) < 4.78 is 1.92. The highest BCUT2D eigenvalue weighted by atomic mass is 35.5. The maximum atomic E-state index is 13.1. The average molecular weight is 465 g/mol. The Hall–Kier alpha value is -3.58. The van der Waals surface area contributed by atoms with Crippen LogP contribution in [0.4, 0.5) is 5.69 Å². The first-order valence-electron chi connectivity index (χ1n) is 10.6. The molecule has 1 aliphatic rings. The first-order valence-corrected chi connectivity index (χ1v) is 11.0. The molecule has 0 saturated carbocycles. The van der Waals surface area contributed by atoms with Crippen molar-refractivity contribution in [3.05, 3.63) is 89.0 Å². The smallest absolute Gasteiger partial charge is 0.295 e. The first kappa shape index (κ1) is 22.6. The van der Waals surface area contributed by atoms with Gasteiger partial charge in [-0.15, -0.1) is 0 Å². The number of Topliss-reactive ketones (excluding diaryl/α,β-unsaturated/α-hetero) is 1. The molecule has 0 unspecified atom stereocenters.